The van der Waals surface area contributed by atoms with Crippen molar-refractivity contribution in [2.75, 3.05) is 14.2 Å². The van der Waals surface area contributed by atoms with Gasteiger partial charge in [0, 0.05) is 4.83 Å². The number of carbonyl (C=O) groups excluding carboxylic acids is 2. The Hall–Kier alpha value is -0.100. The van der Waals surface area contributed by atoms with Crippen LogP contribution in [0.1, 0.15) is 25.7 Å². The van der Waals surface area contributed by atoms with Crippen molar-refractivity contribution in [3.8, 4) is 0 Å². The van der Waals surface area contributed by atoms with Gasteiger partial charge in [0.15, 0.2) is 0 Å². The van der Waals surface area contributed by atoms with Crippen molar-refractivity contribution in [2.24, 2.45) is 0 Å². The molecule has 0 N–H and O–H groups in total. The first-order valence-electron chi connectivity index (χ1n) is 4.94. The summed E-state index contributed by atoms with van der Waals surface area (Å²) in [6.07, 6.45) is 2.68. The summed E-state index contributed by atoms with van der Waals surface area (Å²) in [5.74, 6) is -0.496. The highest BCUT2D eigenvalue weighted by Gasteiger charge is 2.16. The zero-order valence-corrected chi connectivity index (χ0v) is 12.5. The maximum atomic E-state index is 11.1. The molecule has 0 aromatic heterocycles. The number of methoxy groups -OCH3 is 2. The molecule has 0 aliphatic rings. The number of carbonyl (C=O) groups is 2. The van der Waals surface area contributed by atoms with Crippen molar-refractivity contribution >= 4 is 43.8 Å². The highest BCUT2D eigenvalue weighted by atomic mass is 79.9. The molecule has 0 aromatic carbocycles. The molecule has 0 fully saturated rings. The average Bonchev–Trinajstić information content (AvgIpc) is 2.27. The SMILES string of the molecule is COC(=O)CC(Br)CCCC(Br)C(=O)OC. The quantitative estimate of drug-likeness (QED) is 0.517. The summed E-state index contributed by atoms with van der Waals surface area (Å²) in [6, 6.07) is 0. The summed E-state index contributed by atoms with van der Waals surface area (Å²) in [5, 5.41) is 0. The number of rotatable bonds is 7. The van der Waals surface area contributed by atoms with Crippen LogP contribution >= 0.6 is 31.9 Å². The molecule has 94 valence electrons. The molecule has 0 bridgehead atoms. The number of halogens is 2. The molecular weight excluding hydrogens is 344 g/mol. The van der Waals surface area contributed by atoms with Crippen LogP contribution in [0.5, 0.6) is 0 Å². The Morgan fingerprint density at radius 1 is 1.12 bits per heavy atom. The first-order chi connectivity index (χ1) is 7.51. The van der Waals surface area contributed by atoms with Gasteiger partial charge in [-0.1, -0.05) is 38.3 Å². The molecule has 0 aliphatic carbocycles. The number of hydrogen-bond acceptors (Lipinski definition) is 4. The fourth-order valence-corrected chi connectivity index (χ4v) is 2.23. The predicted octanol–water partition coefficient (Wildman–Crippen LogP) is 2.42. The maximum Gasteiger partial charge on any atom is 0.319 e. The minimum atomic E-state index is -0.268. The molecule has 4 nitrogen and oxygen atoms in total. The van der Waals surface area contributed by atoms with Crippen molar-refractivity contribution in [3.63, 3.8) is 0 Å². The fraction of sp³-hybridized carbons (Fsp3) is 0.800. The summed E-state index contributed by atoms with van der Waals surface area (Å²) in [6.45, 7) is 0. The van der Waals surface area contributed by atoms with Crippen LogP contribution in [-0.4, -0.2) is 35.8 Å². The van der Waals surface area contributed by atoms with E-state index in [0.717, 1.165) is 12.8 Å². The Balaban J connectivity index is 3.65. The topological polar surface area (TPSA) is 52.6 Å². The zero-order valence-electron chi connectivity index (χ0n) is 9.37. The van der Waals surface area contributed by atoms with E-state index in [1.807, 2.05) is 0 Å². The number of alkyl halides is 2. The van der Waals surface area contributed by atoms with Crippen molar-refractivity contribution in [1.82, 2.24) is 0 Å². The lowest BCUT2D eigenvalue weighted by molar-refractivity contribution is -0.141. The maximum absolute atomic E-state index is 11.1. The van der Waals surface area contributed by atoms with Gasteiger partial charge in [-0.15, -0.1) is 0 Å². The molecule has 0 heterocycles. The third-order valence-corrected chi connectivity index (χ3v) is 3.66. The third kappa shape index (κ3) is 7.22. The molecule has 0 saturated heterocycles. The van der Waals surface area contributed by atoms with Gasteiger partial charge < -0.3 is 9.47 Å². The van der Waals surface area contributed by atoms with Gasteiger partial charge in [0.25, 0.3) is 0 Å². The van der Waals surface area contributed by atoms with Gasteiger partial charge in [-0.3, -0.25) is 9.59 Å². The second-order valence-electron chi connectivity index (χ2n) is 3.30. The number of hydrogen-bond donors (Lipinski definition) is 0. The Morgan fingerprint density at radius 3 is 2.25 bits per heavy atom. The van der Waals surface area contributed by atoms with Gasteiger partial charge in [-0.25, -0.2) is 0 Å². The second-order valence-corrected chi connectivity index (χ2v) is 5.70. The van der Waals surface area contributed by atoms with Crippen LogP contribution in [0.4, 0.5) is 0 Å². The summed E-state index contributed by atoms with van der Waals surface area (Å²) in [5.41, 5.74) is 0. The van der Waals surface area contributed by atoms with Crippen LogP contribution in [0.25, 0.3) is 0 Å². The van der Waals surface area contributed by atoms with Crippen LogP contribution < -0.4 is 0 Å². The van der Waals surface area contributed by atoms with Gasteiger partial charge in [-0.2, -0.15) is 0 Å². The largest absolute Gasteiger partial charge is 0.469 e. The molecule has 0 radical (unpaired) electrons. The van der Waals surface area contributed by atoms with E-state index >= 15 is 0 Å². The van der Waals surface area contributed by atoms with Crippen LogP contribution in [0.2, 0.25) is 0 Å². The average molecular weight is 360 g/mol. The van der Waals surface area contributed by atoms with E-state index in [1.165, 1.54) is 14.2 Å². The van der Waals surface area contributed by atoms with Crippen LogP contribution in [0.15, 0.2) is 0 Å². The number of ether oxygens (including phenoxy) is 2. The lowest BCUT2D eigenvalue weighted by Gasteiger charge is -2.10. The Kier molecular flexibility index (Phi) is 8.93. The Bertz CT molecular complexity index is 233. The Morgan fingerprint density at radius 2 is 1.75 bits per heavy atom. The molecule has 6 heteroatoms. The van der Waals surface area contributed by atoms with Gasteiger partial charge in [0.05, 0.1) is 20.6 Å². The van der Waals surface area contributed by atoms with Crippen LogP contribution in [0, 0.1) is 0 Å². The molecule has 16 heavy (non-hydrogen) atoms. The highest BCUT2D eigenvalue weighted by Crippen LogP contribution is 2.18. The monoisotopic (exact) mass is 358 g/mol. The van der Waals surface area contributed by atoms with E-state index < -0.39 is 0 Å². The first kappa shape index (κ1) is 15.9. The van der Waals surface area contributed by atoms with Gasteiger partial charge in [0.2, 0.25) is 0 Å². The molecule has 0 spiro atoms. The molecule has 0 rings (SSSR count). The Labute approximate surface area is 112 Å². The highest BCUT2D eigenvalue weighted by molar-refractivity contribution is 9.10. The molecule has 2 atom stereocenters. The standard InChI is InChI=1S/C10H16Br2O4/c1-15-9(13)6-7(11)4-3-5-8(12)10(14)16-2/h7-8H,3-6H2,1-2H3. The van der Waals surface area contributed by atoms with Gasteiger partial charge >= 0.3 is 11.9 Å². The van der Waals surface area contributed by atoms with E-state index in [1.54, 1.807) is 0 Å². The van der Waals surface area contributed by atoms with Gasteiger partial charge in [0.1, 0.15) is 4.83 Å². The predicted molar refractivity (Wildman–Crippen MR) is 67.9 cm³/mol. The summed E-state index contributed by atoms with van der Waals surface area (Å²) in [4.78, 5) is 21.8. The minimum absolute atomic E-state index is 0.0947. The van der Waals surface area contributed by atoms with Crippen molar-refractivity contribution < 1.29 is 19.1 Å². The van der Waals surface area contributed by atoms with Crippen molar-refractivity contribution in [1.29, 1.82) is 0 Å². The van der Waals surface area contributed by atoms with Crippen LogP contribution in [-0.2, 0) is 19.1 Å². The second kappa shape index (κ2) is 8.98. The lowest BCUT2D eigenvalue weighted by Crippen LogP contribution is -2.16. The summed E-state index contributed by atoms with van der Waals surface area (Å²) < 4.78 is 9.13. The van der Waals surface area contributed by atoms with Crippen molar-refractivity contribution in [2.45, 2.75) is 35.3 Å². The minimum Gasteiger partial charge on any atom is -0.469 e. The first-order valence-corrected chi connectivity index (χ1v) is 6.77. The van der Waals surface area contributed by atoms with Crippen molar-refractivity contribution in [3.05, 3.63) is 0 Å². The summed E-state index contributed by atoms with van der Waals surface area (Å²) >= 11 is 6.63. The van der Waals surface area contributed by atoms with E-state index in [-0.39, 0.29) is 21.6 Å². The van der Waals surface area contributed by atoms with E-state index in [9.17, 15) is 9.59 Å². The molecule has 2 unspecified atom stereocenters. The van der Waals surface area contributed by atoms with E-state index in [2.05, 4.69) is 41.3 Å². The van der Waals surface area contributed by atoms with Gasteiger partial charge in [-0.05, 0) is 12.8 Å². The third-order valence-electron chi connectivity index (χ3n) is 2.05. The van der Waals surface area contributed by atoms with E-state index in [0.29, 0.717) is 12.8 Å². The van der Waals surface area contributed by atoms with E-state index in [4.69, 9.17) is 0 Å². The number of esters is 2. The normalized spacial score (nSPS) is 14.0. The lowest BCUT2D eigenvalue weighted by atomic mass is 10.1. The smallest absolute Gasteiger partial charge is 0.319 e. The molecule has 0 saturated carbocycles. The molecule has 0 amide bonds. The molecule has 0 aromatic rings. The zero-order chi connectivity index (χ0) is 12.6. The molecule has 0 aliphatic heterocycles. The van der Waals surface area contributed by atoms with Crippen LogP contribution in [0.3, 0.4) is 0 Å². The fourth-order valence-electron chi connectivity index (χ4n) is 1.13. The molecular formula is C10H16Br2O4. The summed E-state index contributed by atoms with van der Waals surface area (Å²) in [7, 11) is 2.73.